The van der Waals surface area contributed by atoms with Crippen LogP contribution in [0.3, 0.4) is 0 Å². The van der Waals surface area contributed by atoms with Gasteiger partial charge in [0.25, 0.3) is 0 Å². The lowest BCUT2D eigenvalue weighted by Gasteiger charge is -2.24. The Hall–Kier alpha value is -0.860. The van der Waals surface area contributed by atoms with Crippen molar-refractivity contribution in [1.29, 1.82) is 0 Å². The predicted octanol–water partition coefficient (Wildman–Crippen LogP) is 2.03. The fourth-order valence-electron chi connectivity index (χ4n) is 2.35. The molecule has 1 fully saturated rings. The van der Waals surface area contributed by atoms with E-state index in [-0.39, 0.29) is 0 Å². The highest BCUT2D eigenvalue weighted by atomic mass is 15.2. The van der Waals surface area contributed by atoms with Crippen molar-refractivity contribution < 1.29 is 0 Å². The fraction of sp³-hybridized carbons (Fsp3) is 0.538. The van der Waals surface area contributed by atoms with Crippen LogP contribution in [-0.4, -0.2) is 24.5 Å². The van der Waals surface area contributed by atoms with Gasteiger partial charge in [-0.25, -0.2) is 0 Å². The highest BCUT2D eigenvalue weighted by Crippen LogP contribution is 2.26. The number of nitrogens with zero attached hydrogens (tertiary/aromatic N) is 1. The van der Waals surface area contributed by atoms with E-state index in [1.807, 2.05) is 0 Å². The van der Waals surface area contributed by atoms with Crippen LogP contribution in [0.25, 0.3) is 0 Å². The molecule has 1 aromatic rings. The first kappa shape index (κ1) is 10.7. The lowest BCUT2D eigenvalue weighted by Crippen LogP contribution is -2.26. The molecule has 1 heterocycles. The second-order valence-electron chi connectivity index (χ2n) is 4.47. The van der Waals surface area contributed by atoms with Gasteiger partial charge in [-0.1, -0.05) is 30.3 Å². The molecule has 0 spiro atoms. The van der Waals surface area contributed by atoms with E-state index in [1.54, 1.807) is 0 Å². The molecular formula is C13H20N2. The summed E-state index contributed by atoms with van der Waals surface area (Å²) >= 11 is 0. The van der Waals surface area contributed by atoms with E-state index in [0.717, 1.165) is 13.1 Å². The number of likely N-dealkylation sites (tertiary alicyclic amines) is 1. The summed E-state index contributed by atoms with van der Waals surface area (Å²) in [6.45, 7) is 5.47. The number of nitrogens with two attached hydrogens (primary N) is 1. The second kappa shape index (κ2) is 4.77. The zero-order valence-electron chi connectivity index (χ0n) is 9.39. The number of hydrogen-bond donors (Lipinski definition) is 1. The monoisotopic (exact) mass is 204 g/mol. The van der Waals surface area contributed by atoms with Crippen molar-refractivity contribution in [2.75, 3.05) is 19.6 Å². The fourth-order valence-corrected chi connectivity index (χ4v) is 2.35. The summed E-state index contributed by atoms with van der Waals surface area (Å²) in [5, 5.41) is 0. The molecule has 0 amide bonds. The van der Waals surface area contributed by atoms with Crippen molar-refractivity contribution in [2.45, 2.75) is 19.4 Å². The first-order valence-corrected chi connectivity index (χ1v) is 5.80. The molecule has 15 heavy (non-hydrogen) atoms. The molecule has 0 radical (unpaired) electrons. The van der Waals surface area contributed by atoms with E-state index in [2.05, 4.69) is 42.2 Å². The largest absolute Gasteiger partial charge is 0.330 e. The van der Waals surface area contributed by atoms with Gasteiger partial charge in [0.15, 0.2) is 0 Å². The smallest absolute Gasteiger partial charge is 0.0320 e. The predicted molar refractivity (Wildman–Crippen MR) is 63.6 cm³/mol. The van der Waals surface area contributed by atoms with Crippen molar-refractivity contribution in [3.05, 3.63) is 35.9 Å². The maximum Gasteiger partial charge on any atom is 0.0320 e. The maximum atomic E-state index is 5.71. The Morgan fingerprint density at radius 2 is 2.13 bits per heavy atom. The van der Waals surface area contributed by atoms with Gasteiger partial charge in [-0.05, 0) is 37.9 Å². The molecule has 2 atom stereocenters. The van der Waals surface area contributed by atoms with Crippen LogP contribution in [0.5, 0.6) is 0 Å². The molecule has 1 aliphatic rings. The minimum atomic E-state index is 0.530. The maximum absolute atomic E-state index is 5.71. The molecule has 2 nitrogen and oxygen atoms in total. The van der Waals surface area contributed by atoms with Crippen LogP contribution in [0.15, 0.2) is 30.3 Å². The lowest BCUT2D eigenvalue weighted by molar-refractivity contribution is 0.253. The average molecular weight is 204 g/mol. The Morgan fingerprint density at radius 3 is 2.73 bits per heavy atom. The quantitative estimate of drug-likeness (QED) is 0.816. The molecule has 1 saturated heterocycles. The normalized spacial score (nSPS) is 24.3. The standard InChI is InChI=1S/C13H20N2/c1-11(13-5-3-2-4-6-13)15-8-7-12(9-14)10-15/h2-6,11-12H,7-10,14H2,1H3/t11-,12-/m1/s1. The zero-order chi connectivity index (χ0) is 10.7. The molecule has 2 rings (SSSR count). The van der Waals surface area contributed by atoms with Crippen molar-refractivity contribution in [1.82, 2.24) is 4.90 Å². The van der Waals surface area contributed by atoms with Gasteiger partial charge in [0.1, 0.15) is 0 Å². The van der Waals surface area contributed by atoms with E-state index in [4.69, 9.17) is 5.73 Å². The molecule has 1 aromatic carbocycles. The van der Waals surface area contributed by atoms with E-state index >= 15 is 0 Å². The van der Waals surface area contributed by atoms with Crippen molar-refractivity contribution >= 4 is 0 Å². The summed E-state index contributed by atoms with van der Waals surface area (Å²) in [4.78, 5) is 2.53. The number of benzene rings is 1. The first-order chi connectivity index (χ1) is 7.31. The molecule has 0 saturated carbocycles. The van der Waals surface area contributed by atoms with Gasteiger partial charge < -0.3 is 5.73 Å². The van der Waals surface area contributed by atoms with Gasteiger partial charge in [-0.3, -0.25) is 4.90 Å². The van der Waals surface area contributed by atoms with Gasteiger partial charge in [-0.2, -0.15) is 0 Å². The van der Waals surface area contributed by atoms with Crippen LogP contribution in [0.1, 0.15) is 24.9 Å². The average Bonchev–Trinajstić information content (AvgIpc) is 2.78. The van der Waals surface area contributed by atoms with Crippen LogP contribution >= 0.6 is 0 Å². The Balaban J connectivity index is 2.00. The van der Waals surface area contributed by atoms with Crippen molar-refractivity contribution in [2.24, 2.45) is 11.7 Å². The van der Waals surface area contributed by atoms with Gasteiger partial charge in [0, 0.05) is 12.6 Å². The topological polar surface area (TPSA) is 29.3 Å². The second-order valence-corrected chi connectivity index (χ2v) is 4.47. The summed E-state index contributed by atoms with van der Waals surface area (Å²) in [6, 6.07) is 11.2. The Morgan fingerprint density at radius 1 is 1.40 bits per heavy atom. The molecule has 2 N–H and O–H groups in total. The highest BCUT2D eigenvalue weighted by molar-refractivity contribution is 5.18. The van der Waals surface area contributed by atoms with E-state index in [0.29, 0.717) is 12.0 Å². The van der Waals surface area contributed by atoms with Crippen LogP contribution in [0.4, 0.5) is 0 Å². The van der Waals surface area contributed by atoms with E-state index in [1.165, 1.54) is 18.5 Å². The first-order valence-electron chi connectivity index (χ1n) is 5.80. The SMILES string of the molecule is C[C@H](c1ccccc1)N1CC[C@H](CN)C1. The minimum Gasteiger partial charge on any atom is -0.330 e. The lowest BCUT2D eigenvalue weighted by atomic mass is 10.1. The summed E-state index contributed by atoms with van der Waals surface area (Å²) in [5.41, 5.74) is 7.12. The third kappa shape index (κ3) is 2.39. The number of rotatable bonds is 3. The Kier molecular flexibility index (Phi) is 3.39. The molecule has 1 aliphatic heterocycles. The van der Waals surface area contributed by atoms with E-state index < -0.39 is 0 Å². The van der Waals surface area contributed by atoms with Crippen molar-refractivity contribution in [3.63, 3.8) is 0 Å². The van der Waals surface area contributed by atoms with Gasteiger partial charge in [-0.15, -0.1) is 0 Å². The molecule has 82 valence electrons. The summed E-state index contributed by atoms with van der Waals surface area (Å²) in [6.07, 6.45) is 1.26. The van der Waals surface area contributed by atoms with Crippen LogP contribution < -0.4 is 5.73 Å². The van der Waals surface area contributed by atoms with Crippen LogP contribution in [-0.2, 0) is 0 Å². The third-order valence-corrected chi connectivity index (χ3v) is 3.48. The summed E-state index contributed by atoms with van der Waals surface area (Å²) in [7, 11) is 0. The Bertz CT molecular complexity index is 297. The van der Waals surface area contributed by atoms with Crippen LogP contribution in [0, 0.1) is 5.92 Å². The molecule has 0 aliphatic carbocycles. The zero-order valence-corrected chi connectivity index (χ0v) is 9.39. The van der Waals surface area contributed by atoms with E-state index in [9.17, 15) is 0 Å². The molecule has 2 heteroatoms. The molecular weight excluding hydrogens is 184 g/mol. The van der Waals surface area contributed by atoms with Gasteiger partial charge in [0.2, 0.25) is 0 Å². The Labute approximate surface area is 92.1 Å². The third-order valence-electron chi connectivity index (χ3n) is 3.48. The number of hydrogen-bond acceptors (Lipinski definition) is 2. The summed E-state index contributed by atoms with van der Waals surface area (Å²) < 4.78 is 0. The summed E-state index contributed by atoms with van der Waals surface area (Å²) in [5.74, 6) is 0.705. The van der Waals surface area contributed by atoms with Gasteiger partial charge >= 0.3 is 0 Å². The molecule has 0 aromatic heterocycles. The molecule has 0 unspecified atom stereocenters. The van der Waals surface area contributed by atoms with Crippen molar-refractivity contribution in [3.8, 4) is 0 Å². The minimum absolute atomic E-state index is 0.530. The van der Waals surface area contributed by atoms with Crippen LogP contribution in [0.2, 0.25) is 0 Å². The van der Waals surface area contributed by atoms with Gasteiger partial charge in [0.05, 0.1) is 0 Å². The highest BCUT2D eigenvalue weighted by Gasteiger charge is 2.25. The molecule has 0 bridgehead atoms.